The Bertz CT molecular complexity index is 727. The number of amides is 2. The summed E-state index contributed by atoms with van der Waals surface area (Å²) in [5, 5.41) is 5.82. The Morgan fingerprint density at radius 2 is 2.16 bits per heavy atom. The molecule has 1 aliphatic rings. The van der Waals surface area contributed by atoms with Gasteiger partial charge in [-0.25, -0.2) is 4.98 Å². The number of benzene rings is 1. The third kappa shape index (κ3) is 4.92. The van der Waals surface area contributed by atoms with E-state index >= 15 is 0 Å². The maximum absolute atomic E-state index is 12.2. The van der Waals surface area contributed by atoms with Crippen LogP contribution >= 0.6 is 0 Å². The fraction of sp³-hybridized carbons (Fsp3) is 0.421. The normalized spacial score (nSPS) is 18.6. The molecule has 1 heterocycles. The zero-order chi connectivity index (χ0) is 17.6. The number of anilines is 1. The lowest BCUT2D eigenvalue weighted by molar-refractivity contribution is -0.117. The van der Waals surface area contributed by atoms with Crippen molar-refractivity contribution in [2.75, 3.05) is 11.9 Å². The van der Waals surface area contributed by atoms with E-state index in [1.54, 1.807) is 30.7 Å². The van der Waals surface area contributed by atoms with Crippen molar-refractivity contribution in [1.82, 2.24) is 14.9 Å². The van der Waals surface area contributed by atoms with Crippen LogP contribution in [0.4, 0.5) is 5.69 Å². The number of hydrogen-bond donors (Lipinski definition) is 2. The van der Waals surface area contributed by atoms with Crippen LogP contribution in [-0.4, -0.2) is 27.9 Å². The smallest absolute Gasteiger partial charge is 0.251 e. The van der Waals surface area contributed by atoms with E-state index in [9.17, 15) is 9.59 Å². The fourth-order valence-corrected chi connectivity index (χ4v) is 2.80. The zero-order valence-corrected chi connectivity index (χ0v) is 14.4. The minimum Gasteiger partial charge on any atom is -0.352 e. The SMILES string of the molecule is C[C@H]1C[C@H]1C(=O)Nc1cccc(C(=O)NCCCCn2ccnc2)c1. The third-order valence-corrected chi connectivity index (χ3v) is 4.53. The molecular formula is C19H24N4O2. The number of nitrogens with one attached hydrogen (secondary N) is 2. The summed E-state index contributed by atoms with van der Waals surface area (Å²) < 4.78 is 2.02. The van der Waals surface area contributed by atoms with E-state index in [0.29, 0.717) is 23.7 Å². The van der Waals surface area contributed by atoms with Crippen molar-refractivity contribution in [3.63, 3.8) is 0 Å². The molecule has 6 heteroatoms. The van der Waals surface area contributed by atoms with E-state index in [1.165, 1.54) is 0 Å². The molecule has 2 N–H and O–H groups in total. The fourth-order valence-electron chi connectivity index (χ4n) is 2.80. The predicted molar refractivity (Wildman–Crippen MR) is 96.1 cm³/mol. The van der Waals surface area contributed by atoms with E-state index < -0.39 is 0 Å². The molecule has 2 atom stereocenters. The van der Waals surface area contributed by atoms with Crippen LogP contribution in [-0.2, 0) is 11.3 Å². The molecule has 1 aromatic heterocycles. The Morgan fingerprint density at radius 1 is 1.32 bits per heavy atom. The van der Waals surface area contributed by atoms with Crippen molar-refractivity contribution in [2.24, 2.45) is 11.8 Å². The van der Waals surface area contributed by atoms with Gasteiger partial charge in [0, 0.05) is 42.7 Å². The maximum Gasteiger partial charge on any atom is 0.251 e. The minimum absolute atomic E-state index is 0.0459. The standard InChI is InChI=1S/C19H24N4O2/c1-14-11-17(14)19(25)22-16-6-4-5-15(12-16)18(24)21-7-2-3-9-23-10-8-20-13-23/h4-6,8,10,12-14,17H,2-3,7,9,11H2,1H3,(H,21,24)(H,22,25)/t14-,17+/m0/s1. The summed E-state index contributed by atoms with van der Waals surface area (Å²) in [6, 6.07) is 7.09. The molecule has 1 fully saturated rings. The number of carbonyl (C=O) groups is 2. The number of nitrogens with zero attached hydrogens (tertiary/aromatic N) is 2. The lowest BCUT2D eigenvalue weighted by atomic mass is 10.1. The van der Waals surface area contributed by atoms with Crippen LogP contribution < -0.4 is 10.6 Å². The van der Waals surface area contributed by atoms with Gasteiger partial charge in [0.15, 0.2) is 0 Å². The summed E-state index contributed by atoms with van der Waals surface area (Å²) >= 11 is 0. The van der Waals surface area contributed by atoms with Crippen molar-refractivity contribution in [2.45, 2.75) is 32.7 Å². The summed E-state index contributed by atoms with van der Waals surface area (Å²) in [4.78, 5) is 28.2. The van der Waals surface area contributed by atoms with Crippen LogP contribution in [0.2, 0.25) is 0 Å². The highest BCUT2D eigenvalue weighted by molar-refractivity contribution is 5.98. The topological polar surface area (TPSA) is 76.0 Å². The second-order valence-electron chi connectivity index (χ2n) is 6.65. The van der Waals surface area contributed by atoms with Crippen LogP contribution in [0.1, 0.15) is 36.5 Å². The molecule has 132 valence electrons. The van der Waals surface area contributed by atoms with E-state index in [0.717, 1.165) is 25.8 Å². The van der Waals surface area contributed by atoms with Crippen molar-refractivity contribution >= 4 is 17.5 Å². The van der Waals surface area contributed by atoms with Gasteiger partial charge in [-0.2, -0.15) is 0 Å². The Balaban J connectivity index is 1.42. The molecule has 2 amide bonds. The molecule has 1 aliphatic carbocycles. The van der Waals surface area contributed by atoms with Crippen LogP contribution in [0, 0.1) is 11.8 Å². The number of rotatable bonds is 8. The molecule has 1 aromatic carbocycles. The first kappa shape index (κ1) is 17.2. The van der Waals surface area contributed by atoms with Crippen molar-refractivity contribution in [3.8, 4) is 0 Å². The maximum atomic E-state index is 12.2. The number of carbonyl (C=O) groups excluding carboxylic acids is 2. The Morgan fingerprint density at radius 3 is 2.88 bits per heavy atom. The quantitative estimate of drug-likeness (QED) is 0.726. The van der Waals surface area contributed by atoms with Crippen LogP contribution in [0.25, 0.3) is 0 Å². The number of hydrogen-bond acceptors (Lipinski definition) is 3. The number of aromatic nitrogens is 2. The Labute approximate surface area is 147 Å². The first-order chi connectivity index (χ1) is 12.1. The molecule has 2 aromatic rings. The highest BCUT2D eigenvalue weighted by atomic mass is 16.2. The summed E-state index contributed by atoms with van der Waals surface area (Å²) in [6.45, 7) is 3.60. The number of unbranched alkanes of at least 4 members (excludes halogenated alkanes) is 1. The van der Waals surface area contributed by atoms with Crippen molar-refractivity contribution < 1.29 is 9.59 Å². The summed E-state index contributed by atoms with van der Waals surface area (Å²) in [5.74, 6) is 0.518. The van der Waals surface area contributed by atoms with E-state index in [-0.39, 0.29) is 17.7 Å². The lowest BCUT2D eigenvalue weighted by Crippen LogP contribution is -2.25. The van der Waals surface area contributed by atoms with Gasteiger partial charge in [-0.15, -0.1) is 0 Å². The molecule has 0 spiro atoms. The van der Waals surface area contributed by atoms with Gasteiger partial charge in [0.25, 0.3) is 5.91 Å². The minimum atomic E-state index is -0.112. The average molecular weight is 340 g/mol. The molecule has 6 nitrogen and oxygen atoms in total. The summed E-state index contributed by atoms with van der Waals surface area (Å²) in [5.41, 5.74) is 1.24. The molecule has 3 rings (SSSR count). The van der Waals surface area contributed by atoms with E-state index in [1.807, 2.05) is 16.8 Å². The van der Waals surface area contributed by atoms with Crippen molar-refractivity contribution in [3.05, 3.63) is 48.5 Å². The first-order valence-corrected chi connectivity index (χ1v) is 8.78. The monoisotopic (exact) mass is 340 g/mol. The third-order valence-electron chi connectivity index (χ3n) is 4.53. The molecule has 0 radical (unpaired) electrons. The van der Waals surface area contributed by atoms with Crippen LogP contribution in [0.15, 0.2) is 43.0 Å². The molecular weight excluding hydrogens is 316 g/mol. The number of imidazole rings is 1. The van der Waals surface area contributed by atoms with Gasteiger partial charge in [-0.3, -0.25) is 9.59 Å². The summed E-state index contributed by atoms with van der Waals surface area (Å²) in [7, 11) is 0. The molecule has 0 unspecified atom stereocenters. The van der Waals surface area contributed by atoms with Gasteiger partial charge in [-0.1, -0.05) is 13.0 Å². The molecule has 0 aliphatic heterocycles. The molecule has 0 saturated heterocycles. The number of aryl methyl sites for hydroxylation is 1. The largest absolute Gasteiger partial charge is 0.352 e. The highest BCUT2D eigenvalue weighted by Gasteiger charge is 2.39. The lowest BCUT2D eigenvalue weighted by Gasteiger charge is -2.08. The zero-order valence-electron chi connectivity index (χ0n) is 14.4. The van der Waals surface area contributed by atoms with Crippen LogP contribution in [0.3, 0.4) is 0 Å². The second-order valence-corrected chi connectivity index (χ2v) is 6.65. The molecule has 25 heavy (non-hydrogen) atoms. The van der Waals surface area contributed by atoms with E-state index in [4.69, 9.17) is 0 Å². The van der Waals surface area contributed by atoms with E-state index in [2.05, 4.69) is 22.5 Å². The van der Waals surface area contributed by atoms with Gasteiger partial charge in [0.05, 0.1) is 6.33 Å². The van der Waals surface area contributed by atoms with Gasteiger partial charge in [-0.05, 0) is 43.4 Å². The highest BCUT2D eigenvalue weighted by Crippen LogP contribution is 2.38. The predicted octanol–water partition coefficient (Wildman–Crippen LogP) is 2.69. The Kier molecular flexibility index (Phi) is 5.48. The van der Waals surface area contributed by atoms with Crippen LogP contribution in [0.5, 0.6) is 0 Å². The van der Waals surface area contributed by atoms with Gasteiger partial charge >= 0.3 is 0 Å². The van der Waals surface area contributed by atoms with Gasteiger partial charge in [0.2, 0.25) is 5.91 Å². The molecule has 0 bridgehead atoms. The first-order valence-electron chi connectivity index (χ1n) is 8.78. The Hall–Kier alpha value is -2.63. The second kappa shape index (κ2) is 7.96. The molecule has 1 saturated carbocycles. The van der Waals surface area contributed by atoms with Gasteiger partial charge in [0.1, 0.15) is 0 Å². The van der Waals surface area contributed by atoms with Gasteiger partial charge < -0.3 is 15.2 Å². The average Bonchev–Trinajstić information content (AvgIpc) is 3.12. The summed E-state index contributed by atoms with van der Waals surface area (Å²) in [6.07, 6.45) is 8.32. The van der Waals surface area contributed by atoms with Crippen molar-refractivity contribution in [1.29, 1.82) is 0 Å².